The molecule has 0 aromatic heterocycles. The van der Waals surface area contributed by atoms with Crippen LogP contribution in [-0.2, 0) is 16.1 Å². The van der Waals surface area contributed by atoms with Gasteiger partial charge in [0.25, 0.3) is 0 Å². The van der Waals surface area contributed by atoms with Gasteiger partial charge < -0.3 is 14.8 Å². The zero-order valence-electron chi connectivity index (χ0n) is 12.3. The van der Waals surface area contributed by atoms with E-state index in [2.05, 4.69) is 12.2 Å². The predicted octanol–water partition coefficient (Wildman–Crippen LogP) is 2.52. The molecule has 1 N–H and O–H groups in total. The topological polar surface area (TPSA) is 47.6 Å². The zero-order chi connectivity index (χ0) is 14.4. The smallest absolute Gasteiger partial charge is 0.313 e. The molecule has 0 radical (unpaired) electrons. The summed E-state index contributed by atoms with van der Waals surface area (Å²) in [6.07, 6.45) is 2.77. The van der Waals surface area contributed by atoms with Gasteiger partial charge in [0, 0.05) is 6.54 Å². The highest BCUT2D eigenvalue weighted by atomic mass is 16.5. The Morgan fingerprint density at radius 1 is 1.35 bits per heavy atom. The Hall–Kier alpha value is -1.55. The summed E-state index contributed by atoms with van der Waals surface area (Å²) < 4.78 is 10.6. The van der Waals surface area contributed by atoms with Gasteiger partial charge in [0.1, 0.15) is 12.4 Å². The summed E-state index contributed by atoms with van der Waals surface area (Å²) in [5, 5.41) is 3.30. The summed E-state index contributed by atoms with van der Waals surface area (Å²) in [7, 11) is 1.64. The van der Waals surface area contributed by atoms with E-state index in [1.165, 1.54) is 0 Å². The highest BCUT2D eigenvalue weighted by molar-refractivity contribution is 5.77. The van der Waals surface area contributed by atoms with Gasteiger partial charge in [-0.25, -0.2) is 0 Å². The monoisotopic (exact) mass is 277 g/mol. The second-order valence-electron chi connectivity index (χ2n) is 5.34. The molecular weight excluding hydrogens is 254 g/mol. The molecule has 1 aliphatic rings. The maximum Gasteiger partial charge on any atom is 0.313 e. The molecule has 1 atom stereocenters. The Bertz CT molecular complexity index is 436. The number of hydrogen-bond donors (Lipinski definition) is 1. The summed E-state index contributed by atoms with van der Waals surface area (Å²) in [4.78, 5) is 12.4. The Labute approximate surface area is 120 Å². The second-order valence-corrected chi connectivity index (χ2v) is 5.34. The molecule has 110 valence electrons. The van der Waals surface area contributed by atoms with Crippen LogP contribution in [0.1, 0.15) is 31.7 Å². The van der Waals surface area contributed by atoms with Gasteiger partial charge in [-0.3, -0.25) is 4.79 Å². The van der Waals surface area contributed by atoms with Gasteiger partial charge in [0.15, 0.2) is 0 Å². The molecule has 0 spiro atoms. The normalized spacial score (nSPS) is 22.3. The highest BCUT2D eigenvalue weighted by Crippen LogP contribution is 2.31. The van der Waals surface area contributed by atoms with Crippen LogP contribution in [0.3, 0.4) is 0 Å². The van der Waals surface area contributed by atoms with Crippen LogP contribution in [0.15, 0.2) is 24.3 Å². The van der Waals surface area contributed by atoms with Crippen molar-refractivity contribution in [3.8, 4) is 5.75 Å². The minimum absolute atomic E-state index is 0.0805. The van der Waals surface area contributed by atoms with Crippen molar-refractivity contribution in [2.75, 3.05) is 20.2 Å². The standard InChI is InChI=1S/C16H23NO3/c1-3-16(9-4-10-17-12-16)15(18)20-11-13-5-7-14(19-2)8-6-13/h5-8,17H,3-4,9-12H2,1-2H3. The molecule has 1 aromatic carbocycles. The first kappa shape index (κ1) is 14.9. The zero-order valence-corrected chi connectivity index (χ0v) is 12.3. The molecule has 0 amide bonds. The minimum atomic E-state index is -0.343. The molecule has 1 unspecified atom stereocenters. The Kier molecular flexibility index (Phi) is 5.01. The lowest BCUT2D eigenvalue weighted by atomic mass is 9.78. The molecule has 0 saturated carbocycles. The van der Waals surface area contributed by atoms with Crippen molar-refractivity contribution >= 4 is 5.97 Å². The van der Waals surface area contributed by atoms with E-state index in [0.29, 0.717) is 6.61 Å². The third-order valence-corrected chi connectivity index (χ3v) is 4.11. The Balaban J connectivity index is 1.93. The number of nitrogens with one attached hydrogen (secondary N) is 1. The van der Waals surface area contributed by atoms with Gasteiger partial charge in [-0.2, -0.15) is 0 Å². The maximum atomic E-state index is 12.4. The van der Waals surface area contributed by atoms with E-state index in [0.717, 1.165) is 43.7 Å². The number of rotatable bonds is 5. The molecule has 1 saturated heterocycles. The largest absolute Gasteiger partial charge is 0.497 e. The highest BCUT2D eigenvalue weighted by Gasteiger charge is 2.39. The van der Waals surface area contributed by atoms with Crippen LogP contribution in [0.2, 0.25) is 0 Å². The van der Waals surface area contributed by atoms with E-state index in [1.54, 1.807) is 7.11 Å². The van der Waals surface area contributed by atoms with E-state index in [-0.39, 0.29) is 11.4 Å². The summed E-state index contributed by atoms with van der Waals surface area (Å²) >= 11 is 0. The molecule has 4 nitrogen and oxygen atoms in total. The SMILES string of the molecule is CCC1(C(=O)OCc2ccc(OC)cc2)CCCNC1. The first-order valence-corrected chi connectivity index (χ1v) is 7.21. The van der Waals surface area contributed by atoms with Gasteiger partial charge in [0.2, 0.25) is 0 Å². The Morgan fingerprint density at radius 2 is 2.10 bits per heavy atom. The van der Waals surface area contributed by atoms with Crippen molar-refractivity contribution in [2.24, 2.45) is 5.41 Å². The summed E-state index contributed by atoms with van der Waals surface area (Å²) in [6, 6.07) is 7.59. The quantitative estimate of drug-likeness (QED) is 0.840. The molecule has 20 heavy (non-hydrogen) atoms. The van der Waals surface area contributed by atoms with E-state index in [1.807, 2.05) is 24.3 Å². The molecule has 1 fully saturated rings. The van der Waals surface area contributed by atoms with Crippen LogP contribution in [0, 0.1) is 5.41 Å². The number of benzene rings is 1. The fourth-order valence-electron chi connectivity index (χ4n) is 2.61. The summed E-state index contributed by atoms with van der Waals surface area (Å²) in [5.41, 5.74) is 0.638. The van der Waals surface area contributed by atoms with Crippen LogP contribution < -0.4 is 10.1 Å². The van der Waals surface area contributed by atoms with Crippen LogP contribution in [0.25, 0.3) is 0 Å². The first-order valence-electron chi connectivity index (χ1n) is 7.21. The van der Waals surface area contributed by atoms with Crippen molar-refractivity contribution in [1.29, 1.82) is 0 Å². The molecule has 0 bridgehead atoms. The van der Waals surface area contributed by atoms with E-state index < -0.39 is 0 Å². The third kappa shape index (κ3) is 3.31. The average molecular weight is 277 g/mol. The lowest BCUT2D eigenvalue weighted by molar-refractivity contribution is -0.158. The lowest BCUT2D eigenvalue weighted by Gasteiger charge is -2.34. The summed E-state index contributed by atoms with van der Waals surface area (Å²) in [6.45, 7) is 4.10. The van der Waals surface area contributed by atoms with Gasteiger partial charge >= 0.3 is 5.97 Å². The number of ether oxygens (including phenoxy) is 2. The second kappa shape index (κ2) is 6.75. The number of carbonyl (C=O) groups excluding carboxylic acids is 1. The molecular formula is C16H23NO3. The van der Waals surface area contributed by atoms with E-state index in [4.69, 9.17) is 9.47 Å². The molecule has 0 aliphatic carbocycles. The fourth-order valence-corrected chi connectivity index (χ4v) is 2.61. The molecule has 1 heterocycles. The van der Waals surface area contributed by atoms with Crippen LogP contribution in [0.4, 0.5) is 0 Å². The van der Waals surface area contributed by atoms with Gasteiger partial charge in [0.05, 0.1) is 12.5 Å². The number of carbonyl (C=O) groups is 1. The minimum Gasteiger partial charge on any atom is -0.497 e. The van der Waals surface area contributed by atoms with Crippen molar-refractivity contribution < 1.29 is 14.3 Å². The fraction of sp³-hybridized carbons (Fsp3) is 0.562. The molecule has 1 aromatic rings. The number of methoxy groups -OCH3 is 1. The third-order valence-electron chi connectivity index (χ3n) is 4.11. The molecule has 4 heteroatoms. The average Bonchev–Trinajstić information content (AvgIpc) is 2.53. The number of hydrogen-bond acceptors (Lipinski definition) is 4. The molecule has 1 aliphatic heterocycles. The summed E-state index contributed by atoms with van der Waals surface area (Å²) in [5.74, 6) is 0.726. The van der Waals surface area contributed by atoms with Gasteiger partial charge in [-0.05, 0) is 43.5 Å². The lowest BCUT2D eigenvalue weighted by Crippen LogP contribution is -2.45. The van der Waals surface area contributed by atoms with Crippen molar-refractivity contribution in [3.05, 3.63) is 29.8 Å². The maximum absolute atomic E-state index is 12.4. The van der Waals surface area contributed by atoms with Crippen molar-refractivity contribution in [2.45, 2.75) is 32.8 Å². The van der Waals surface area contributed by atoms with Gasteiger partial charge in [-0.15, -0.1) is 0 Å². The number of piperidine rings is 1. The van der Waals surface area contributed by atoms with Crippen molar-refractivity contribution in [1.82, 2.24) is 5.32 Å². The first-order chi connectivity index (χ1) is 9.70. The van der Waals surface area contributed by atoms with Gasteiger partial charge in [-0.1, -0.05) is 19.1 Å². The van der Waals surface area contributed by atoms with Crippen LogP contribution >= 0.6 is 0 Å². The predicted molar refractivity (Wildman–Crippen MR) is 77.6 cm³/mol. The van der Waals surface area contributed by atoms with Crippen molar-refractivity contribution in [3.63, 3.8) is 0 Å². The Morgan fingerprint density at radius 3 is 2.65 bits per heavy atom. The van der Waals surface area contributed by atoms with E-state index >= 15 is 0 Å². The molecule has 2 rings (SSSR count). The van der Waals surface area contributed by atoms with Crippen LogP contribution in [0.5, 0.6) is 5.75 Å². The number of esters is 1. The van der Waals surface area contributed by atoms with E-state index in [9.17, 15) is 4.79 Å². The van der Waals surface area contributed by atoms with Crippen LogP contribution in [-0.4, -0.2) is 26.2 Å².